The van der Waals surface area contributed by atoms with Crippen LogP contribution in [0.3, 0.4) is 0 Å². The van der Waals surface area contributed by atoms with Crippen LogP contribution >= 0.6 is 22.6 Å². The quantitative estimate of drug-likeness (QED) is 0.782. The molecule has 0 radical (unpaired) electrons. The number of sulfonamides is 1. The first kappa shape index (κ1) is 14.6. The van der Waals surface area contributed by atoms with Gasteiger partial charge >= 0.3 is 0 Å². The summed E-state index contributed by atoms with van der Waals surface area (Å²) in [5.74, 6) is 1.96. The fourth-order valence-electron chi connectivity index (χ4n) is 3.47. The smallest absolute Gasteiger partial charge is 0.240 e. The summed E-state index contributed by atoms with van der Waals surface area (Å²) >= 11 is 2.09. The Morgan fingerprint density at radius 1 is 1.30 bits per heavy atom. The number of hydrogen-bond donors (Lipinski definition) is 1. The van der Waals surface area contributed by atoms with E-state index < -0.39 is 10.0 Å². The Hall–Kier alpha value is -0.340. The lowest BCUT2D eigenvalue weighted by Gasteiger charge is -2.22. The van der Waals surface area contributed by atoms with Crippen molar-refractivity contribution in [2.24, 2.45) is 11.8 Å². The van der Waals surface area contributed by atoms with Crippen molar-refractivity contribution < 1.29 is 13.2 Å². The minimum Gasteiger partial charge on any atom is -0.496 e. The molecule has 0 saturated heterocycles. The van der Waals surface area contributed by atoms with Gasteiger partial charge in [0.05, 0.1) is 15.6 Å². The average Bonchev–Trinajstić information content (AvgIpc) is 3.00. The summed E-state index contributed by atoms with van der Waals surface area (Å²) < 4.78 is 33.8. The number of halogens is 1. The molecule has 0 unspecified atom stereocenters. The number of fused-ring (bicyclic) bond motifs is 2. The van der Waals surface area contributed by atoms with E-state index in [2.05, 4.69) is 27.3 Å². The largest absolute Gasteiger partial charge is 0.496 e. The highest BCUT2D eigenvalue weighted by Crippen LogP contribution is 2.44. The molecule has 2 aliphatic carbocycles. The lowest BCUT2D eigenvalue weighted by Crippen LogP contribution is -2.38. The van der Waals surface area contributed by atoms with E-state index in [9.17, 15) is 8.42 Å². The van der Waals surface area contributed by atoms with E-state index in [-0.39, 0.29) is 6.04 Å². The van der Waals surface area contributed by atoms with Crippen molar-refractivity contribution in [3.8, 4) is 5.75 Å². The minimum atomic E-state index is -3.42. The van der Waals surface area contributed by atoms with Crippen LogP contribution in [0.25, 0.3) is 0 Å². The summed E-state index contributed by atoms with van der Waals surface area (Å²) in [6.07, 6.45) is 4.62. The van der Waals surface area contributed by atoms with E-state index in [4.69, 9.17) is 4.74 Å². The van der Waals surface area contributed by atoms with Crippen LogP contribution in [0.1, 0.15) is 25.7 Å². The highest BCUT2D eigenvalue weighted by molar-refractivity contribution is 14.1. The molecule has 2 saturated carbocycles. The Labute approximate surface area is 133 Å². The molecule has 2 aliphatic rings. The van der Waals surface area contributed by atoms with Crippen molar-refractivity contribution in [2.45, 2.75) is 36.6 Å². The predicted molar refractivity (Wildman–Crippen MR) is 85.3 cm³/mol. The zero-order valence-electron chi connectivity index (χ0n) is 11.3. The van der Waals surface area contributed by atoms with E-state index in [0.717, 1.165) is 22.3 Å². The molecular formula is C14H18INO3S. The van der Waals surface area contributed by atoms with Gasteiger partial charge in [0, 0.05) is 6.04 Å². The summed E-state index contributed by atoms with van der Waals surface area (Å²) in [5.41, 5.74) is 0. The molecule has 0 aliphatic heterocycles. The highest BCUT2D eigenvalue weighted by Gasteiger charge is 2.41. The van der Waals surface area contributed by atoms with Crippen molar-refractivity contribution in [3.63, 3.8) is 0 Å². The van der Waals surface area contributed by atoms with Crippen molar-refractivity contribution in [1.29, 1.82) is 0 Å². The number of rotatable bonds is 4. The molecule has 0 amide bonds. The molecule has 0 heterocycles. The fourth-order valence-corrected chi connectivity index (χ4v) is 5.76. The number of ether oxygens (including phenoxy) is 1. The van der Waals surface area contributed by atoms with Crippen LogP contribution in [0.2, 0.25) is 0 Å². The van der Waals surface area contributed by atoms with Gasteiger partial charge in [-0.05, 0) is 71.9 Å². The summed E-state index contributed by atoms with van der Waals surface area (Å²) in [5, 5.41) is 0. The van der Waals surface area contributed by atoms with E-state index in [1.165, 1.54) is 12.8 Å². The predicted octanol–water partition coefficient (Wildman–Crippen LogP) is 2.77. The third-order valence-electron chi connectivity index (χ3n) is 4.48. The van der Waals surface area contributed by atoms with Gasteiger partial charge in [0.15, 0.2) is 0 Å². The Kier molecular flexibility index (Phi) is 3.98. The molecule has 1 aromatic rings. The van der Waals surface area contributed by atoms with E-state index >= 15 is 0 Å². The number of methoxy groups -OCH3 is 1. The normalized spacial score (nSPS) is 28.8. The van der Waals surface area contributed by atoms with Crippen LogP contribution in [0.5, 0.6) is 5.75 Å². The first-order valence-electron chi connectivity index (χ1n) is 6.85. The van der Waals surface area contributed by atoms with E-state index in [1.54, 1.807) is 25.3 Å². The second-order valence-electron chi connectivity index (χ2n) is 5.70. The molecule has 4 nitrogen and oxygen atoms in total. The van der Waals surface area contributed by atoms with Crippen LogP contribution in [0.15, 0.2) is 23.1 Å². The van der Waals surface area contributed by atoms with Crippen LogP contribution in [0, 0.1) is 15.4 Å². The molecule has 2 bridgehead atoms. The zero-order valence-corrected chi connectivity index (χ0v) is 14.3. The number of nitrogens with one attached hydrogen (secondary N) is 1. The molecule has 6 heteroatoms. The second kappa shape index (κ2) is 5.46. The number of hydrogen-bond acceptors (Lipinski definition) is 3. The standard InChI is InChI=1S/C14H18INO3S/c1-19-14-5-4-11(8-12(14)15)20(17,18)16-13-7-9-2-3-10(13)6-9/h4-5,8-10,13,16H,2-3,6-7H2,1H3/t9-,10+,13-/m1/s1. The maximum absolute atomic E-state index is 12.5. The highest BCUT2D eigenvalue weighted by atomic mass is 127. The zero-order chi connectivity index (χ0) is 14.3. The summed E-state index contributed by atoms with van der Waals surface area (Å²) in [7, 11) is -1.84. The lowest BCUT2D eigenvalue weighted by atomic mass is 9.96. The summed E-state index contributed by atoms with van der Waals surface area (Å²) in [4.78, 5) is 0.325. The first-order valence-corrected chi connectivity index (χ1v) is 9.41. The van der Waals surface area contributed by atoms with E-state index in [0.29, 0.717) is 16.6 Å². The van der Waals surface area contributed by atoms with Crippen LogP contribution in [0.4, 0.5) is 0 Å². The molecular weight excluding hydrogens is 389 g/mol. The Morgan fingerprint density at radius 3 is 2.65 bits per heavy atom. The second-order valence-corrected chi connectivity index (χ2v) is 8.58. The van der Waals surface area contributed by atoms with E-state index in [1.807, 2.05) is 0 Å². The molecule has 1 aromatic carbocycles. The van der Waals surface area contributed by atoms with Gasteiger partial charge in [-0.15, -0.1) is 0 Å². The molecule has 3 rings (SSSR count). The Bertz CT molecular complexity index is 617. The van der Waals surface area contributed by atoms with Crippen molar-refractivity contribution in [3.05, 3.63) is 21.8 Å². The third-order valence-corrected chi connectivity index (χ3v) is 6.81. The molecule has 3 atom stereocenters. The van der Waals surface area contributed by atoms with Gasteiger partial charge < -0.3 is 4.74 Å². The first-order chi connectivity index (χ1) is 9.49. The molecule has 20 heavy (non-hydrogen) atoms. The van der Waals surface area contributed by atoms with Gasteiger partial charge in [-0.3, -0.25) is 0 Å². The minimum absolute atomic E-state index is 0.124. The maximum Gasteiger partial charge on any atom is 0.240 e. The number of benzene rings is 1. The SMILES string of the molecule is COc1ccc(S(=O)(=O)N[C@@H]2C[C@@H]3CC[C@H]2C3)cc1I. The Morgan fingerprint density at radius 2 is 2.10 bits per heavy atom. The lowest BCUT2D eigenvalue weighted by molar-refractivity contribution is 0.390. The average molecular weight is 407 g/mol. The van der Waals surface area contributed by atoms with Gasteiger partial charge in [-0.1, -0.05) is 6.42 Å². The van der Waals surface area contributed by atoms with Crippen LogP contribution < -0.4 is 9.46 Å². The third kappa shape index (κ3) is 2.69. The molecule has 1 N–H and O–H groups in total. The van der Waals surface area contributed by atoms with Crippen molar-refractivity contribution in [2.75, 3.05) is 7.11 Å². The summed E-state index contributed by atoms with van der Waals surface area (Å²) in [6.45, 7) is 0. The van der Waals surface area contributed by atoms with Crippen molar-refractivity contribution >= 4 is 32.6 Å². The fraction of sp³-hybridized carbons (Fsp3) is 0.571. The van der Waals surface area contributed by atoms with Crippen LogP contribution in [-0.4, -0.2) is 21.6 Å². The monoisotopic (exact) mass is 407 g/mol. The van der Waals surface area contributed by atoms with Gasteiger partial charge in [0.2, 0.25) is 10.0 Å². The van der Waals surface area contributed by atoms with Gasteiger partial charge in [0.1, 0.15) is 5.75 Å². The van der Waals surface area contributed by atoms with Gasteiger partial charge in [-0.2, -0.15) is 0 Å². The molecule has 2 fully saturated rings. The van der Waals surface area contributed by atoms with Crippen LogP contribution in [-0.2, 0) is 10.0 Å². The van der Waals surface area contributed by atoms with Gasteiger partial charge in [-0.25, -0.2) is 13.1 Å². The topological polar surface area (TPSA) is 55.4 Å². The molecule has 110 valence electrons. The maximum atomic E-state index is 12.5. The summed E-state index contributed by atoms with van der Waals surface area (Å²) in [6, 6.07) is 5.10. The van der Waals surface area contributed by atoms with Gasteiger partial charge in [0.25, 0.3) is 0 Å². The van der Waals surface area contributed by atoms with Crippen molar-refractivity contribution in [1.82, 2.24) is 4.72 Å². The molecule has 0 aromatic heterocycles. The molecule has 0 spiro atoms. The Balaban J connectivity index is 1.79.